The lowest BCUT2D eigenvalue weighted by Crippen LogP contribution is -2.64. The summed E-state index contributed by atoms with van der Waals surface area (Å²) in [4.78, 5) is 69.8. The van der Waals surface area contributed by atoms with Crippen molar-refractivity contribution < 1.29 is 37.5 Å². The second-order valence-electron chi connectivity index (χ2n) is 17.7. The molecule has 0 bridgehead atoms. The molecule has 5 N–H and O–H groups in total. The number of ketones is 1. The van der Waals surface area contributed by atoms with E-state index in [2.05, 4.69) is 27.8 Å². The number of rotatable bonds is 16. The van der Waals surface area contributed by atoms with Gasteiger partial charge in [-0.15, -0.1) is 6.58 Å². The van der Waals surface area contributed by atoms with Gasteiger partial charge in [-0.2, -0.15) is 0 Å². The van der Waals surface area contributed by atoms with Gasteiger partial charge in [-0.05, 0) is 68.1 Å². The van der Waals surface area contributed by atoms with Crippen LogP contribution in [0.15, 0.2) is 12.7 Å². The zero-order chi connectivity index (χ0) is 38.2. The SMILES string of the molecule is C=CCNC(=O)C(=O)[C@H](CCC1CC1)NC(=O)[C@@H]1[C@@H]2[C@H](CN1C(=O)[C@@H](NC(=O)NC1(CS(=O)(=O)C(C)(C)CO)CCCCC1)C(C)(C)C)C2(C)C. The van der Waals surface area contributed by atoms with E-state index in [0.717, 1.165) is 32.1 Å². The van der Waals surface area contributed by atoms with Crippen LogP contribution < -0.4 is 21.3 Å². The van der Waals surface area contributed by atoms with E-state index in [1.54, 1.807) is 0 Å². The number of carbonyl (C=O) groups is 5. The molecule has 14 heteroatoms. The number of nitrogens with zero attached hydrogens (tertiary/aromatic N) is 1. The third-order valence-corrected chi connectivity index (χ3v) is 14.6. The molecule has 5 amide bonds. The number of sulfone groups is 1. The first-order valence-corrected chi connectivity index (χ1v) is 20.2. The zero-order valence-electron chi connectivity index (χ0n) is 31.6. The van der Waals surface area contributed by atoms with Gasteiger partial charge in [-0.25, -0.2) is 13.2 Å². The van der Waals surface area contributed by atoms with Gasteiger partial charge in [-0.1, -0.05) is 72.8 Å². The van der Waals surface area contributed by atoms with Gasteiger partial charge in [0.2, 0.25) is 17.6 Å². The normalized spacial score (nSPS) is 25.1. The van der Waals surface area contributed by atoms with E-state index < -0.39 is 79.8 Å². The van der Waals surface area contributed by atoms with E-state index in [1.807, 2.05) is 34.6 Å². The van der Waals surface area contributed by atoms with Crippen molar-refractivity contribution in [1.29, 1.82) is 0 Å². The highest BCUT2D eigenvalue weighted by Gasteiger charge is 2.70. The summed E-state index contributed by atoms with van der Waals surface area (Å²) in [6.45, 7) is 15.9. The maximum absolute atomic E-state index is 14.5. The molecule has 13 nitrogen and oxygen atoms in total. The van der Waals surface area contributed by atoms with Gasteiger partial charge < -0.3 is 31.3 Å². The Morgan fingerprint density at radius 3 is 2.18 bits per heavy atom. The van der Waals surface area contributed by atoms with Gasteiger partial charge in [0.1, 0.15) is 12.1 Å². The van der Waals surface area contributed by atoms with Crippen LogP contribution >= 0.6 is 0 Å². The van der Waals surface area contributed by atoms with Gasteiger partial charge in [0.15, 0.2) is 9.84 Å². The molecule has 0 aromatic heterocycles. The molecule has 0 radical (unpaired) electrons. The number of nitrogens with one attached hydrogen (secondary N) is 4. The Hall–Kier alpha value is -3.00. The molecule has 5 atom stereocenters. The Kier molecular flexibility index (Phi) is 12.1. The van der Waals surface area contributed by atoms with E-state index in [4.69, 9.17) is 0 Å². The number of carbonyl (C=O) groups excluding carboxylic acids is 5. The third-order valence-electron chi connectivity index (χ3n) is 11.9. The number of hydrogen-bond acceptors (Lipinski definition) is 8. The minimum atomic E-state index is -3.83. The van der Waals surface area contributed by atoms with E-state index in [0.29, 0.717) is 38.1 Å². The minimum Gasteiger partial charge on any atom is -0.395 e. The first kappa shape index (κ1) is 40.8. The van der Waals surface area contributed by atoms with Crippen LogP contribution in [0.2, 0.25) is 0 Å². The molecule has 0 spiro atoms. The molecule has 0 aromatic rings. The van der Waals surface area contributed by atoms with E-state index >= 15 is 0 Å². The summed E-state index contributed by atoms with van der Waals surface area (Å²) < 4.78 is 25.4. The van der Waals surface area contributed by atoms with Gasteiger partial charge in [0.05, 0.1) is 28.7 Å². The number of aliphatic hydroxyl groups is 1. The van der Waals surface area contributed by atoms with Crippen LogP contribution in [0.3, 0.4) is 0 Å². The quantitative estimate of drug-likeness (QED) is 0.118. The molecule has 0 aromatic carbocycles. The number of amides is 5. The number of fused-ring (bicyclic) bond motifs is 1. The highest BCUT2D eigenvalue weighted by molar-refractivity contribution is 7.92. The van der Waals surface area contributed by atoms with E-state index in [9.17, 15) is 37.5 Å². The first-order valence-electron chi connectivity index (χ1n) is 18.6. The van der Waals surface area contributed by atoms with Crippen molar-refractivity contribution in [2.24, 2.45) is 28.6 Å². The number of Topliss-reactive ketones (excluding diaryl/α,β-unsaturated/α-hetero) is 1. The molecule has 1 saturated heterocycles. The third kappa shape index (κ3) is 9.15. The molecule has 3 aliphatic carbocycles. The summed E-state index contributed by atoms with van der Waals surface area (Å²) in [5.41, 5.74) is -2.09. The molecular weight excluding hydrogens is 675 g/mol. The Bertz CT molecular complexity index is 1480. The van der Waals surface area contributed by atoms with Crippen LogP contribution in [0.25, 0.3) is 0 Å². The Morgan fingerprint density at radius 1 is 1.00 bits per heavy atom. The van der Waals surface area contributed by atoms with Crippen LogP contribution in [0.5, 0.6) is 0 Å². The van der Waals surface area contributed by atoms with E-state index in [-0.39, 0.29) is 29.5 Å². The molecular formula is C37H61N5O8S. The molecule has 4 aliphatic rings. The van der Waals surface area contributed by atoms with Crippen molar-refractivity contribution in [3.05, 3.63) is 12.7 Å². The second kappa shape index (κ2) is 15.2. The molecule has 3 saturated carbocycles. The maximum atomic E-state index is 14.5. The first-order chi connectivity index (χ1) is 23.6. The lowest BCUT2D eigenvalue weighted by molar-refractivity contribution is -0.145. The number of hydrogen-bond donors (Lipinski definition) is 5. The second-order valence-corrected chi connectivity index (χ2v) is 20.4. The monoisotopic (exact) mass is 735 g/mol. The van der Waals surface area contributed by atoms with Crippen LogP contribution in [0.1, 0.15) is 106 Å². The topological polar surface area (TPSA) is 191 Å². The predicted octanol–water partition coefficient (Wildman–Crippen LogP) is 2.62. The van der Waals surface area contributed by atoms with Crippen molar-refractivity contribution in [1.82, 2.24) is 26.2 Å². The van der Waals surface area contributed by atoms with Crippen molar-refractivity contribution >= 4 is 39.4 Å². The minimum absolute atomic E-state index is 0.0359. The molecule has 51 heavy (non-hydrogen) atoms. The Labute approximate surface area is 303 Å². The summed E-state index contributed by atoms with van der Waals surface area (Å²) in [7, 11) is -3.83. The molecule has 1 heterocycles. The van der Waals surface area contributed by atoms with Gasteiger partial charge in [0.25, 0.3) is 5.91 Å². The average Bonchev–Trinajstić information content (AvgIpc) is 3.91. The number of urea groups is 1. The van der Waals surface area contributed by atoms with Gasteiger partial charge in [-0.3, -0.25) is 19.2 Å². The van der Waals surface area contributed by atoms with Crippen LogP contribution in [-0.2, 0) is 29.0 Å². The highest BCUT2D eigenvalue weighted by Crippen LogP contribution is 2.65. The fourth-order valence-corrected chi connectivity index (χ4v) is 9.65. The summed E-state index contributed by atoms with van der Waals surface area (Å²) >= 11 is 0. The van der Waals surface area contributed by atoms with Crippen molar-refractivity contribution in [2.75, 3.05) is 25.4 Å². The summed E-state index contributed by atoms with van der Waals surface area (Å²) in [5, 5.41) is 21.0. The van der Waals surface area contributed by atoms with E-state index in [1.165, 1.54) is 24.8 Å². The summed E-state index contributed by atoms with van der Waals surface area (Å²) in [5.74, 6) is -2.49. The lowest BCUT2D eigenvalue weighted by Gasteiger charge is -2.41. The van der Waals surface area contributed by atoms with Crippen LogP contribution in [0.4, 0.5) is 4.79 Å². The number of aliphatic hydroxyl groups excluding tert-OH is 1. The molecule has 1 aliphatic heterocycles. The molecule has 4 rings (SSSR count). The van der Waals surface area contributed by atoms with Gasteiger partial charge in [0, 0.05) is 13.1 Å². The van der Waals surface area contributed by atoms with Crippen molar-refractivity contribution in [3.63, 3.8) is 0 Å². The Morgan fingerprint density at radius 2 is 1.63 bits per heavy atom. The van der Waals surface area contributed by atoms with Crippen LogP contribution in [0, 0.1) is 28.6 Å². The summed E-state index contributed by atoms with van der Waals surface area (Å²) in [6.07, 6.45) is 7.80. The fourth-order valence-electron chi connectivity index (χ4n) is 7.97. The maximum Gasteiger partial charge on any atom is 0.315 e. The smallest absolute Gasteiger partial charge is 0.315 e. The fraction of sp³-hybridized carbons (Fsp3) is 0.811. The zero-order valence-corrected chi connectivity index (χ0v) is 32.4. The van der Waals surface area contributed by atoms with Crippen LogP contribution in [-0.4, -0.2) is 102 Å². The highest BCUT2D eigenvalue weighted by atomic mass is 32.2. The molecule has 0 unspecified atom stereocenters. The largest absolute Gasteiger partial charge is 0.395 e. The number of piperidine rings is 1. The standard InChI is InChI=1S/C37H61N5O8S/c1-9-19-38-31(46)28(44)25(16-15-23-13-14-23)39-30(45)27-26-24(36(26,7)8)20-42(27)32(47)29(34(2,3)4)40-33(48)41-37(17-11-10-12-18-37)22-51(49,50)35(5,6)21-43/h9,23-27,29,43H,1,10-22H2,2-8H3,(H,38,46)(H,39,45)(H2,40,41,48)/t24-,25-,26-,27-,29+/m0/s1. The van der Waals surface area contributed by atoms with Gasteiger partial charge >= 0.3 is 6.03 Å². The average molecular weight is 736 g/mol. The lowest BCUT2D eigenvalue weighted by atomic mass is 9.83. The molecule has 4 fully saturated rings. The van der Waals surface area contributed by atoms with Crippen molar-refractivity contribution in [3.8, 4) is 0 Å². The summed E-state index contributed by atoms with van der Waals surface area (Å²) in [6, 6.07) is -3.70. The van der Waals surface area contributed by atoms with Crippen molar-refractivity contribution in [2.45, 2.75) is 135 Å². The Balaban J connectivity index is 1.55. The molecule has 288 valence electrons. The number of likely N-dealkylation sites (tertiary alicyclic amines) is 1. The predicted molar refractivity (Wildman–Crippen MR) is 194 cm³/mol.